The molecule has 15 heavy (non-hydrogen) atoms. The molecule has 1 nitrogen and oxygen atoms in total. The fourth-order valence-corrected chi connectivity index (χ4v) is 3.27. The van der Waals surface area contributed by atoms with Gasteiger partial charge < -0.3 is 5.32 Å². The van der Waals surface area contributed by atoms with Crippen molar-refractivity contribution >= 4 is 11.3 Å². The summed E-state index contributed by atoms with van der Waals surface area (Å²) in [6.45, 7) is 11.7. The highest BCUT2D eigenvalue weighted by Gasteiger charge is 2.63. The molecule has 1 N–H and O–H groups in total. The first-order valence-electron chi connectivity index (χ1n) is 5.68. The van der Waals surface area contributed by atoms with Crippen LogP contribution in [0.1, 0.15) is 33.3 Å². The lowest BCUT2D eigenvalue weighted by molar-refractivity contribution is 0.457. The fourth-order valence-electron chi connectivity index (χ4n) is 2.60. The van der Waals surface area contributed by atoms with Crippen molar-refractivity contribution in [2.45, 2.75) is 34.2 Å². The zero-order chi connectivity index (χ0) is 11.1. The minimum atomic E-state index is 0.509. The molecule has 1 aromatic rings. The first kappa shape index (κ1) is 11.2. The smallest absolute Gasteiger partial charge is 0.0213 e. The van der Waals surface area contributed by atoms with Gasteiger partial charge in [-0.3, -0.25) is 0 Å². The Hall–Kier alpha value is -0.340. The van der Waals surface area contributed by atoms with Gasteiger partial charge in [-0.25, -0.2) is 0 Å². The van der Waals surface area contributed by atoms with Gasteiger partial charge in [0.25, 0.3) is 0 Å². The molecule has 0 spiro atoms. The molecule has 0 bridgehead atoms. The van der Waals surface area contributed by atoms with Crippen molar-refractivity contribution in [1.82, 2.24) is 5.32 Å². The highest BCUT2D eigenvalue weighted by atomic mass is 32.1. The zero-order valence-electron chi connectivity index (χ0n) is 10.1. The molecule has 0 atom stereocenters. The predicted molar refractivity (Wildman–Crippen MR) is 67.1 cm³/mol. The zero-order valence-corrected chi connectivity index (χ0v) is 10.9. The van der Waals surface area contributed by atoms with Crippen LogP contribution in [0.5, 0.6) is 0 Å². The predicted octanol–water partition coefficient (Wildman–Crippen LogP) is 3.52. The van der Waals surface area contributed by atoms with E-state index in [9.17, 15) is 0 Å². The van der Waals surface area contributed by atoms with Gasteiger partial charge >= 0.3 is 0 Å². The number of hydrogen-bond acceptors (Lipinski definition) is 2. The standard InChI is InChI=1S/C13H21NS/c1-12(2)11(13(12,3)4)8-14-7-10-5-6-15-9-10/h5-6,9,11,14H,7-8H2,1-4H3. The van der Waals surface area contributed by atoms with E-state index in [-0.39, 0.29) is 0 Å². The third-order valence-electron chi connectivity index (χ3n) is 4.58. The van der Waals surface area contributed by atoms with E-state index < -0.39 is 0 Å². The molecule has 2 heteroatoms. The Bertz CT molecular complexity index is 310. The molecule has 1 aromatic heterocycles. The number of rotatable bonds is 4. The molecule has 0 radical (unpaired) electrons. The van der Waals surface area contributed by atoms with E-state index >= 15 is 0 Å². The highest BCUT2D eigenvalue weighted by molar-refractivity contribution is 7.07. The molecular weight excluding hydrogens is 202 g/mol. The summed E-state index contributed by atoms with van der Waals surface area (Å²) < 4.78 is 0. The summed E-state index contributed by atoms with van der Waals surface area (Å²) in [4.78, 5) is 0. The molecule has 84 valence electrons. The summed E-state index contributed by atoms with van der Waals surface area (Å²) in [5.41, 5.74) is 2.43. The van der Waals surface area contributed by atoms with E-state index in [0.29, 0.717) is 10.8 Å². The summed E-state index contributed by atoms with van der Waals surface area (Å²) in [6, 6.07) is 2.20. The Morgan fingerprint density at radius 1 is 1.27 bits per heavy atom. The molecular formula is C13H21NS. The topological polar surface area (TPSA) is 12.0 Å². The molecule has 1 aliphatic rings. The third kappa shape index (κ3) is 1.85. The molecule has 0 amide bonds. The van der Waals surface area contributed by atoms with E-state index in [4.69, 9.17) is 0 Å². The average molecular weight is 223 g/mol. The van der Waals surface area contributed by atoms with Gasteiger partial charge in [0.15, 0.2) is 0 Å². The Morgan fingerprint density at radius 2 is 1.93 bits per heavy atom. The van der Waals surface area contributed by atoms with Crippen LogP contribution in [0.25, 0.3) is 0 Å². The normalized spacial score (nSPS) is 22.9. The highest BCUT2D eigenvalue weighted by Crippen LogP contribution is 2.67. The fraction of sp³-hybridized carbons (Fsp3) is 0.692. The van der Waals surface area contributed by atoms with Crippen molar-refractivity contribution in [3.8, 4) is 0 Å². The minimum Gasteiger partial charge on any atom is -0.312 e. The van der Waals surface area contributed by atoms with Crippen LogP contribution in [0.2, 0.25) is 0 Å². The van der Waals surface area contributed by atoms with Gasteiger partial charge in [-0.05, 0) is 45.7 Å². The number of nitrogens with one attached hydrogen (secondary N) is 1. The quantitative estimate of drug-likeness (QED) is 0.823. The lowest BCUT2D eigenvalue weighted by atomic mass is 10.0. The molecule has 0 aromatic carbocycles. The van der Waals surface area contributed by atoms with Gasteiger partial charge in [0, 0.05) is 6.54 Å². The molecule has 1 fully saturated rings. The largest absolute Gasteiger partial charge is 0.312 e. The minimum absolute atomic E-state index is 0.509. The molecule has 0 saturated heterocycles. The summed E-state index contributed by atoms with van der Waals surface area (Å²) in [5.74, 6) is 0.823. The number of thiophene rings is 1. The third-order valence-corrected chi connectivity index (χ3v) is 5.31. The van der Waals surface area contributed by atoms with Crippen molar-refractivity contribution in [2.75, 3.05) is 6.54 Å². The van der Waals surface area contributed by atoms with Crippen LogP contribution in [-0.4, -0.2) is 6.54 Å². The van der Waals surface area contributed by atoms with E-state index in [2.05, 4.69) is 49.8 Å². The molecule has 2 rings (SSSR count). The van der Waals surface area contributed by atoms with Gasteiger partial charge in [-0.2, -0.15) is 11.3 Å². The van der Waals surface area contributed by atoms with E-state index in [1.165, 1.54) is 5.56 Å². The monoisotopic (exact) mass is 223 g/mol. The molecule has 1 aliphatic carbocycles. The molecule has 0 unspecified atom stereocenters. The van der Waals surface area contributed by atoms with Crippen LogP contribution < -0.4 is 5.32 Å². The maximum atomic E-state index is 3.57. The summed E-state index contributed by atoms with van der Waals surface area (Å²) in [7, 11) is 0. The Kier molecular flexibility index (Phi) is 2.68. The first-order chi connectivity index (χ1) is 6.96. The summed E-state index contributed by atoms with van der Waals surface area (Å²) in [6.07, 6.45) is 0. The lowest BCUT2D eigenvalue weighted by Crippen LogP contribution is -2.18. The van der Waals surface area contributed by atoms with Gasteiger partial charge in [0.2, 0.25) is 0 Å². The Morgan fingerprint density at radius 3 is 2.40 bits per heavy atom. The second-order valence-corrected chi connectivity index (χ2v) is 6.54. The summed E-state index contributed by atoms with van der Waals surface area (Å²) in [5, 5.41) is 7.93. The van der Waals surface area contributed by atoms with Crippen molar-refractivity contribution in [2.24, 2.45) is 16.7 Å². The lowest BCUT2D eigenvalue weighted by Gasteiger charge is -2.04. The second-order valence-electron chi connectivity index (χ2n) is 5.76. The van der Waals surface area contributed by atoms with Crippen molar-refractivity contribution in [3.05, 3.63) is 22.4 Å². The Balaban J connectivity index is 1.77. The van der Waals surface area contributed by atoms with Crippen molar-refractivity contribution in [1.29, 1.82) is 0 Å². The van der Waals surface area contributed by atoms with Gasteiger partial charge in [-0.15, -0.1) is 0 Å². The van der Waals surface area contributed by atoms with Crippen LogP contribution in [-0.2, 0) is 6.54 Å². The maximum absolute atomic E-state index is 3.57. The molecule has 1 saturated carbocycles. The maximum Gasteiger partial charge on any atom is 0.0213 e. The van der Waals surface area contributed by atoms with E-state index in [1.807, 2.05) is 0 Å². The van der Waals surface area contributed by atoms with E-state index in [0.717, 1.165) is 19.0 Å². The van der Waals surface area contributed by atoms with Gasteiger partial charge in [-0.1, -0.05) is 27.7 Å². The van der Waals surface area contributed by atoms with Crippen molar-refractivity contribution in [3.63, 3.8) is 0 Å². The van der Waals surface area contributed by atoms with Gasteiger partial charge in [0.05, 0.1) is 0 Å². The van der Waals surface area contributed by atoms with E-state index in [1.54, 1.807) is 11.3 Å². The van der Waals surface area contributed by atoms with Crippen LogP contribution in [0, 0.1) is 16.7 Å². The van der Waals surface area contributed by atoms with Crippen LogP contribution >= 0.6 is 11.3 Å². The molecule has 1 heterocycles. The van der Waals surface area contributed by atoms with Gasteiger partial charge in [0.1, 0.15) is 0 Å². The summed E-state index contributed by atoms with van der Waals surface area (Å²) >= 11 is 1.77. The van der Waals surface area contributed by atoms with Crippen LogP contribution in [0.4, 0.5) is 0 Å². The van der Waals surface area contributed by atoms with Crippen LogP contribution in [0.3, 0.4) is 0 Å². The van der Waals surface area contributed by atoms with Crippen LogP contribution in [0.15, 0.2) is 16.8 Å². The van der Waals surface area contributed by atoms with Crippen molar-refractivity contribution < 1.29 is 0 Å². The molecule has 0 aliphatic heterocycles. The average Bonchev–Trinajstić information content (AvgIpc) is 2.62. The Labute approximate surface area is 96.9 Å². The SMILES string of the molecule is CC1(C)C(CNCc2ccsc2)C1(C)C. The first-order valence-corrected chi connectivity index (χ1v) is 6.62. The number of hydrogen-bond donors (Lipinski definition) is 1. The second kappa shape index (κ2) is 3.60.